The van der Waals surface area contributed by atoms with Gasteiger partial charge in [-0.25, -0.2) is 8.78 Å². The molecular formula is C12H15F2N. The van der Waals surface area contributed by atoms with Crippen molar-refractivity contribution in [3.05, 3.63) is 35.1 Å². The molecule has 0 heterocycles. The van der Waals surface area contributed by atoms with E-state index in [0.717, 1.165) is 11.1 Å². The van der Waals surface area contributed by atoms with E-state index in [1.165, 1.54) is 12.1 Å². The Kier molecular flexibility index (Phi) is 2.51. The fourth-order valence-corrected chi connectivity index (χ4v) is 2.20. The highest BCUT2D eigenvalue weighted by Gasteiger charge is 2.43. The Hall–Kier alpha value is -0.960. The van der Waals surface area contributed by atoms with Crippen molar-refractivity contribution in [1.29, 1.82) is 0 Å². The fraction of sp³-hybridized carbons (Fsp3) is 0.500. The van der Waals surface area contributed by atoms with Crippen LogP contribution in [0.2, 0.25) is 0 Å². The van der Waals surface area contributed by atoms with Crippen molar-refractivity contribution < 1.29 is 8.78 Å². The van der Waals surface area contributed by atoms with E-state index < -0.39 is 5.67 Å². The van der Waals surface area contributed by atoms with Gasteiger partial charge in [-0.2, -0.15) is 0 Å². The molecule has 0 aliphatic heterocycles. The van der Waals surface area contributed by atoms with Gasteiger partial charge in [0.25, 0.3) is 0 Å². The number of aryl methyl sites for hydroxylation is 1. The van der Waals surface area contributed by atoms with Crippen molar-refractivity contribution in [3.8, 4) is 0 Å². The molecule has 2 N–H and O–H groups in total. The summed E-state index contributed by atoms with van der Waals surface area (Å²) in [6.07, 6.45) is 1.07. The lowest BCUT2D eigenvalue weighted by Crippen LogP contribution is -2.49. The van der Waals surface area contributed by atoms with Crippen molar-refractivity contribution in [2.45, 2.75) is 37.9 Å². The van der Waals surface area contributed by atoms with Gasteiger partial charge in [-0.1, -0.05) is 6.07 Å². The van der Waals surface area contributed by atoms with Gasteiger partial charge in [0.1, 0.15) is 11.5 Å². The average molecular weight is 211 g/mol. The number of hydrogen-bond donors (Lipinski definition) is 1. The van der Waals surface area contributed by atoms with Gasteiger partial charge in [0, 0.05) is 12.5 Å². The molecule has 0 unspecified atom stereocenters. The van der Waals surface area contributed by atoms with Gasteiger partial charge in [-0.15, -0.1) is 0 Å². The second-order valence-corrected chi connectivity index (χ2v) is 4.57. The van der Waals surface area contributed by atoms with Crippen LogP contribution < -0.4 is 5.73 Å². The first-order valence-electron chi connectivity index (χ1n) is 5.18. The third-order valence-electron chi connectivity index (χ3n) is 3.07. The summed E-state index contributed by atoms with van der Waals surface area (Å²) in [4.78, 5) is 0. The molecule has 0 saturated heterocycles. The van der Waals surface area contributed by atoms with Crippen molar-refractivity contribution in [3.63, 3.8) is 0 Å². The maximum absolute atomic E-state index is 14.0. The Morgan fingerprint density at radius 2 is 2.13 bits per heavy atom. The molecule has 0 radical (unpaired) electrons. The molecule has 2 rings (SSSR count). The van der Waals surface area contributed by atoms with Crippen LogP contribution in [0.3, 0.4) is 0 Å². The van der Waals surface area contributed by atoms with Crippen LogP contribution in [0, 0.1) is 12.7 Å². The predicted octanol–water partition coefficient (Wildman–Crippen LogP) is 2.51. The third-order valence-corrected chi connectivity index (χ3v) is 3.07. The maximum Gasteiger partial charge on any atom is 0.123 e. The topological polar surface area (TPSA) is 26.0 Å². The van der Waals surface area contributed by atoms with Gasteiger partial charge in [0.2, 0.25) is 0 Å². The van der Waals surface area contributed by atoms with Crippen molar-refractivity contribution in [2.75, 3.05) is 0 Å². The summed E-state index contributed by atoms with van der Waals surface area (Å²) < 4.78 is 26.9. The summed E-state index contributed by atoms with van der Waals surface area (Å²) in [6, 6.07) is 4.48. The SMILES string of the molecule is Cc1ccc(F)cc1CC1(F)CC(N)C1. The first-order valence-corrected chi connectivity index (χ1v) is 5.18. The van der Waals surface area contributed by atoms with E-state index in [-0.39, 0.29) is 18.3 Å². The first kappa shape index (κ1) is 10.6. The zero-order chi connectivity index (χ0) is 11.1. The maximum atomic E-state index is 14.0. The summed E-state index contributed by atoms with van der Waals surface area (Å²) >= 11 is 0. The third kappa shape index (κ3) is 2.17. The van der Waals surface area contributed by atoms with E-state index in [2.05, 4.69) is 0 Å². The summed E-state index contributed by atoms with van der Waals surface area (Å²) in [5.74, 6) is -0.303. The lowest BCUT2D eigenvalue weighted by atomic mass is 9.74. The number of hydrogen-bond acceptors (Lipinski definition) is 1. The molecule has 3 heteroatoms. The number of nitrogens with two attached hydrogens (primary N) is 1. The molecule has 1 aliphatic carbocycles. The Labute approximate surface area is 88.3 Å². The largest absolute Gasteiger partial charge is 0.327 e. The number of halogens is 2. The van der Waals surface area contributed by atoms with Crippen LogP contribution in [0.5, 0.6) is 0 Å². The summed E-state index contributed by atoms with van der Waals surface area (Å²) in [6.45, 7) is 1.87. The molecule has 1 aromatic rings. The highest BCUT2D eigenvalue weighted by Crippen LogP contribution is 2.38. The fourth-order valence-electron chi connectivity index (χ4n) is 2.20. The molecule has 0 aromatic heterocycles. The van der Waals surface area contributed by atoms with Crippen LogP contribution in [0.15, 0.2) is 18.2 Å². The van der Waals surface area contributed by atoms with Crippen LogP contribution in [0.4, 0.5) is 8.78 Å². The second-order valence-electron chi connectivity index (χ2n) is 4.57. The quantitative estimate of drug-likeness (QED) is 0.799. The zero-order valence-corrected chi connectivity index (χ0v) is 8.76. The Bertz CT molecular complexity index is 370. The van der Waals surface area contributed by atoms with Crippen LogP contribution >= 0.6 is 0 Å². The molecule has 15 heavy (non-hydrogen) atoms. The number of rotatable bonds is 2. The molecule has 1 aliphatic rings. The normalized spacial score (nSPS) is 30.0. The van der Waals surface area contributed by atoms with Gasteiger partial charge in [-0.05, 0) is 43.0 Å². The van der Waals surface area contributed by atoms with Gasteiger partial charge in [0.15, 0.2) is 0 Å². The van der Waals surface area contributed by atoms with Crippen molar-refractivity contribution >= 4 is 0 Å². The lowest BCUT2D eigenvalue weighted by molar-refractivity contribution is 0.0442. The van der Waals surface area contributed by atoms with Crippen LogP contribution in [0.25, 0.3) is 0 Å². The molecule has 1 nitrogen and oxygen atoms in total. The van der Waals surface area contributed by atoms with Crippen molar-refractivity contribution in [1.82, 2.24) is 0 Å². The van der Waals surface area contributed by atoms with Gasteiger partial charge in [0.05, 0.1) is 0 Å². The smallest absolute Gasteiger partial charge is 0.123 e. The molecule has 0 spiro atoms. The molecule has 0 bridgehead atoms. The van der Waals surface area contributed by atoms with Gasteiger partial charge >= 0.3 is 0 Å². The highest BCUT2D eigenvalue weighted by atomic mass is 19.1. The van der Waals surface area contributed by atoms with E-state index in [0.29, 0.717) is 12.8 Å². The summed E-state index contributed by atoms with van der Waals surface area (Å²) in [7, 11) is 0. The molecule has 0 atom stereocenters. The zero-order valence-electron chi connectivity index (χ0n) is 8.76. The van der Waals surface area contributed by atoms with Gasteiger partial charge < -0.3 is 5.73 Å². The summed E-state index contributed by atoms with van der Waals surface area (Å²) in [5.41, 5.74) is 6.04. The Morgan fingerprint density at radius 1 is 1.47 bits per heavy atom. The van der Waals surface area contributed by atoms with Crippen molar-refractivity contribution in [2.24, 2.45) is 5.73 Å². The molecule has 0 amide bonds. The molecule has 82 valence electrons. The minimum atomic E-state index is -1.21. The first-order chi connectivity index (χ1) is 6.98. The monoisotopic (exact) mass is 211 g/mol. The number of benzene rings is 1. The van der Waals surface area contributed by atoms with Gasteiger partial charge in [-0.3, -0.25) is 0 Å². The highest BCUT2D eigenvalue weighted by molar-refractivity contribution is 5.29. The minimum Gasteiger partial charge on any atom is -0.327 e. The van der Waals surface area contributed by atoms with E-state index in [4.69, 9.17) is 5.73 Å². The Balaban J connectivity index is 2.14. The molecular weight excluding hydrogens is 196 g/mol. The van der Waals surface area contributed by atoms with E-state index in [1.807, 2.05) is 6.92 Å². The Morgan fingerprint density at radius 3 is 2.73 bits per heavy atom. The van der Waals surface area contributed by atoms with E-state index in [1.54, 1.807) is 6.07 Å². The van der Waals surface area contributed by atoms with E-state index in [9.17, 15) is 8.78 Å². The second kappa shape index (κ2) is 3.56. The minimum absolute atomic E-state index is 0.0242. The molecule has 1 saturated carbocycles. The van der Waals surface area contributed by atoms with Crippen LogP contribution in [-0.2, 0) is 6.42 Å². The standard InChI is InChI=1S/C12H15F2N/c1-8-2-3-10(13)4-9(8)5-12(14)6-11(15)7-12/h2-4,11H,5-7,15H2,1H3. The van der Waals surface area contributed by atoms with Crippen LogP contribution in [-0.4, -0.2) is 11.7 Å². The molecule has 1 fully saturated rings. The predicted molar refractivity (Wildman–Crippen MR) is 55.9 cm³/mol. The molecule has 1 aromatic carbocycles. The van der Waals surface area contributed by atoms with Crippen LogP contribution in [0.1, 0.15) is 24.0 Å². The lowest BCUT2D eigenvalue weighted by Gasteiger charge is -2.39. The average Bonchev–Trinajstić information content (AvgIpc) is 2.09. The number of alkyl halides is 1. The summed E-state index contributed by atoms with van der Waals surface area (Å²) in [5, 5.41) is 0. The van der Waals surface area contributed by atoms with E-state index >= 15 is 0 Å².